The van der Waals surface area contributed by atoms with Crippen LogP contribution in [-0.2, 0) is 12.8 Å². The summed E-state index contributed by atoms with van der Waals surface area (Å²) in [6.45, 7) is 24.5. The zero-order valence-electron chi connectivity index (χ0n) is 86.3. The summed E-state index contributed by atoms with van der Waals surface area (Å²) in [5, 5.41) is 9.71. The number of hydrogen-bond acceptors (Lipinski definition) is 22. The average Bonchev–Trinajstić information content (AvgIpc) is 1.05. The Hall–Kier alpha value is -13.0. The Bertz CT molecular complexity index is 7220. The topological polar surface area (TPSA) is 327 Å². The molecule has 14 aromatic rings. The van der Waals surface area contributed by atoms with E-state index in [2.05, 4.69) is 118 Å². The van der Waals surface area contributed by atoms with E-state index in [4.69, 9.17) is 37.9 Å². The highest BCUT2D eigenvalue weighted by Gasteiger charge is 2.34. The van der Waals surface area contributed by atoms with Gasteiger partial charge in [-0.2, -0.15) is 0 Å². The van der Waals surface area contributed by atoms with Crippen molar-refractivity contribution in [3.8, 4) is 46.0 Å². The first kappa shape index (κ1) is 106. The third-order valence-corrected chi connectivity index (χ3v) is 29.5. The molecule has 29 nitrogen and oxygen atoms in total. The lowest BCUT2D eigenvalue weighted by atomic mass is 10.0. The van der Waals surface area contributed by atoms with Crippen LogP contribution in [0, 0.1) is 32.4 Å². The highest BCUT2D eigenvalue weighted by Crippen LogP contribution is 2.38. The summed E-state index contributed by atoms with van der Waals surface area (Å²) in [5.41, 5.74) is 3.91. The maximum absolute atomic E-state index is 14.8. The number of H-pyrrole nitrogens is 7. The summed E-state index contributed by atoms with van der Waals surface area (Å²) in [6.07, 6.45) is 31.6. The van der Waals surface area contributed by atoms with Crippen LogP contribution in [0.2, 0.25) is 0 Å². The predicted octanol–water partition coefficient (Wildman–Crippen LogP) is 16.9. The predicted molar refractivity (Wildman–Crippen MR) is 577 cm³/mol. The van der Waals surface area contributed by atoms with Crippen molar-refractivity contribution >= 4 is 75.4 Å². The molecule has 7 N–H and O–H groups in total. The van der Waals surface area contributed by atoms with Gasteiger partial charge in [0, 0.05) is 173 Å². The van der Waals surface area contributed by atoms with E-state index < -0.39 is 11.6 Å². The summed E-state index contributed by atoms with van der Waals surface area (Å²) >= 11 is 0. The van der Waals surface area contributed by atoms with Gasteiger partial charge < -0.3 is 107 Å². The molecule has 14 heterocycles. The van der Waals surface area contributed by atoms with Crippen LogP contribution in [0.5, 0.6) is 46.0 Å². The van der Waals surface area contributed by atoms with Crippen molar-refractivity contribution in [3.63, 3.8) is 0 Å². The molecule has 0 atom stereocenters. The number of likely N-dealkylation sites (tertiary alicyclic amines) is 7. The number of ether oxygens (including phenoxy) is 8. The lowest BCUT2D eigenvalue weighted by molar-refractivity contribution is 0.0966. The van der Waals surface area contributed by atoms with Gasteiger partial charge in [-0.3, -0.25) is 33.6 Å². The standard InChI is InChI=1S/C17H21FN2O2.C17H20N2O2.2C17H22N2O2.C16H19FN2O2.C16H20N2O3.C15H18N2O2/c1-3-11-10-19-17(21)13-4-5-14(16(18)15(11)13)22-12-6-8-20(2)9-7-12;20-17-16-4-3-15(11-12(16)5-8-18-17)21-14-6-9-19(10-7-14)13-1-2-13;1-11-8-15-14(12(2)10-18-17(15)20)9-16(11)21-13-4-6-19(3)7-5-13;1-3-12-11-18-17(20)15-5-4-14(10-16(12)15)21-13-6-8-19(2)9-7-13;1-10-9-18-16(20)12-3-4-13(15(17)14(10)12)21-11-5-7-19(2)8-6-11;1-18-7-4-12(5-8-18)21-15-9-11-3-6-17-16(19)13(11)10-14(15)20-2;1-17-8-5-12(6-9-17)19-13-2-3-14-11(10-13)4-7-16-15(14)18/h4-5,10,12H,3,6-9H2,1-2H3,(H,19,21);3-5,8,11,13-14H,1-2,6-7,9-10H2,(H,18,20);8-10,13H,4-7H2,1-3H3,(H,18,20);4-5,10-11,13H,3,6-9H2,1-2H3,(H,18,20);3-4,9,11H,5-8H2,1-2H3,(H,18,20);3,6,9-10,12H,4-5,7-8H2,1-2H3,(H,17,19);2-4,7,10,12H,5-6,8-9H2,1H3,(H,16,18). The molecular formula is C115H142F2N14O15. The highest BCUT2D eigenvalue weighted by molar-refractivity contribution is 5.91. The van der Waals surface area contributed by atoms with Crippen LogP contribution in [0.3, 0.4) is 0 Å². The van der Waals surface area contributed by atoms with Gasteiger partial charge in [-0.25, -0.2) is 8.78 Å². The lowest BCUT2D eigenvalue weighted by Gasteiger charge is -2.32. The van der Waals surface area contributed by atoms with Crippen LogP contribution in [0.4, 0.5) is 8.78 Å². The van der Waals surface area contributed by atoms with E-state index in [1.165, 1.54) is 19.0 Å². The van der Waals surface area contributed by atoms with Crippen LogP contribution in [0.15, 0.2) is 198 Å². The number of aromatic amines is 7. The second-order valence-electron chi connectivity index (χ2n) is 40.4. The second-order valence-corrected chi connectivity index (χ2v) is 40.4. The molecule has 7 aromatic heterocycles. The number of aromatic nitrogens is 7. The number of fused-ring (bicyclic) bond motifs is 7. The van der Waals surface area contributed by atoms with Crippen molar-refractivity contribution in [3.05, 3.63) is 277 Å². The Morgan fingerprint density at radius 1 is 0.274 bits per heavy atom. The van der Waals surface area contributed by atoms with Gasteiger partial charge in [0.1, 0.15) is 65.7 Å². The monoisotopic (exact) mass is 2000 g/mol. The Morgan fingerprint density at radius 2 is 0.603 bits per heavy atom. The van der Waals surface area contributed by atoms with Gasteiger partial charge in [0.15, 0.2) is 34.6 Å². The SMILES string of the molecule is CCc1c[nH]c(=O)c2ccc(OC3CCN(C)CC3)c(F)c12.CCc1c[nH]c(=O)c2ccc(OC3CCN(C)CC3)cc12.CN1CCC(Oc2ccc3c(=O)[nH]ccc3c2)CC1.COc1cc2c(=O)[nH]ccc2cc1OC1CCN(C)CC1.Cc1c[nH]c(=O)c2ccc(OC3CCN(C)CC3)c(F)c12.Cc1cc2c(=O)[nH]cc(C)c2cc1OC1CCN(C)CC1.O=c1[nH]ccc2cc(OC3CCN(C4CC4)CC3)ccc12. The lowest BCUT2D eigenvalue weighted by Crippen LogP contribution is -2.39. The maximum Gasteiger partial charge on any atom is 0.255 e. The normalized spacial score (nSPS) is 17.8. The molecule has 22 rings (SSSR count). The molecule has 0 amide bonds. The van der Waals surface area contributed by atoms with Gasteiger partial charge in [-0.15, -0.1) is 0 Å². The summed E-state index contributed by atoms with van der Waals surface area (Å²) in [4.78, 5) is 118. The molecule has 7 saturated heterocycles. The highest BCUT2D eigenvalue weighted by atomic mass is 19.1. The number of pyridine rings is 7. The largest absolute Gasteiger partial charge is 0.493 e. The van der Waals surface area contributed by atoms with E-state index in [1.54, 1.807) is 75.3 Å². The zero-order chi connectivity index (χ0) is 103. The molecule has 1 aliphatic carbocycles. The van der Waals surface area contributed by atoms with E-state index in [0.717, 1.165) is 277 Å². The number of benzene rings is 7. The fourth-order valence-electron chi connectivity index (χ4n) is 20.2. The number of hydrogen-bond donors (Lipinski definition) is 7. The molecule has 146 heavy (non-hydrogen) atoms. The first-order valence-corrected chi connectivity index (χ1v) is 51.9. The van der Waals surface area contributed by atoms with E-state index >= 15 is 0 Å². The third kappa shape index (κ3) is 27.3. The summed E-state index contributed by atoms with van der Waals surface area (Å²) in [6, 6.07) is 37.8. The van der Waals surface area contributed by atoms with Gasteiger partial charge in [-0.1, -0.05) is 13.8 Å². The molecule has 7 aliphatic heterocycles. The van der Waals surface area contributed by atoms with Crippen molar-refractivity contribution in [2.45, 2.75) is 199 Å². The van der Waals surface area contributed by atoms with Crippen molar-refractivity contribution in [1.82, 2.24) is 69.2 Å². The molecule has 0 spiro atoms. The minimum atomic E-state index is -0.435. The second kappa shape index (κ2) is 49.5. The van der Waals surface area contributed by atoms with Crippen molar-refractivity contribution in [2.24, 2.45) is 0 Å². The minimum Gasteiger partial charge on any atom is -0.493 e. The summed E-state index contributed by atoms with van der Waals surface area (Å²) in [5.74, 6) is 4.47. The van der Waals surface area contributed by atoms with Gasteiger partial charge >= 0.3 is 0 Å². The van der Waals surface area contributed by atoms with E-state index in [1.807, 2.05) is 118 Å². The van der Waals surface area contributed by atoms with Crippen LogP contribution in [0.1, 0.15) is 144 Å². The molecule has 776 valence electrons. The molecular weight excluding hydrogens is 1860 g/mol. The number of piperidine rings is 7. The number of halogens is 2. The third-order valence-electron chi connectivity index (χ3n) is 29.5. The van der Waals surface area contributed by atoms with Crippen LogP contribution < -0.4 is 76.8 Å². The van der Waals surface area contributed by atoms with Crippen LogP contribution in [0.25, 0.3) is 75.4 Å². The molecule has 1 saturated carbocycles. The Labute approximate surface area is 849 Å². The fraction of sp³-hybridized carbons (Fsp3) is 0.452. The van der Waals surface area contributed by atoms with Gasteiger partial charge in [0.05, 0.1) is 23.3 Å². The van der Waals surface area contributed by atoms with E-state index in [0.29, 0.717) is 67.3 Å². The Kier molecular flexibility index (Phi) is 35.8. The van der Waals surface area contributed by atoms with Crippen LogP contribution in [-0.4, -0.2) is 259 Å². The first-order valence-electron chi connectivity index (χ1n) is 51.9. The number of nitrogens with zero attached hydrogens (tertiary/aromatic N) is 7. The summed E-state index contributed by atoms with van der Waals surface area (Å²) < 4.78 is 77.1. The molecule has 0 unspecified atom stereocenters. The number of aryl methyl sites for hydroxylation is 5. The molecule has 0 bridgehead atoms. The number of nitrogens with one attached hydrogen (secondary N) is 7. The van der Waals surface area contributed by atoms with Crippen LogP contribution >= 0.6 is 0 Å². The maximum atomic E-state index is 14.8. The zero-order valence-corrected chi connectivity index (χ0v) is 86.3. The van der Waals surface area contributed by atoms with E-state index in [-0.39, 0.29) is 87.0 Å². The fourth-order valence-corrected chi connectivity index (χ4v) is 20.2. The molecule has 31 heteroatoms. The first-order chi connectivity index (χ1) is 70.5. The minimum absolute atomic E-state index is 0.0342. The smallest absolute Gasteiger partial charge is 0.255 e. The number of rotatable bonds is 18. The van der Waals surface area contributed by atoms with Crippen molar-refractivity contribution in [2.75, 3.05) is 141 Å². The van der Waals surface area contributed by atoms with Gasteiger partial charge in [-0.05, 0) is 355 Å². The number of methoxy groups -OCH3 is 1. The summed E-state index contributed by atoms with van der Waals surface area (Å²) in [7, 11) is 14.3. The molecule has 8 aliphatic rings. The Morgan fingerprint density at radius 3 is 1.03 bits per heavy atom. The quantitative estimate of drug-likeness (QED) is 0.0420. The van der Waals surface area contributed by atoms with Gasteiger partial charge in [0.25, 0.3) is 38.9 Å². The van der Waals surface area contributed by atoms with Gasteiger partial charge in [0.2, 0.25) is 0 Å². The van der Waals surface area contributed by atoms with Crippen molar-refractivity contribution < 1.29 is 46.7 Å². The van der Waals surface area contributed by atoms with Crippen molar-refractivity contribution in [1.29, 1.82) is 0 Å². The molecule has 0 radical (unpaired) electrons. The average molecular weight is 2000 g/mol. The van der Waals surface area contributed by atoms with E-state index in [9.17, 15) is 42.3 Å². The molecule has 8 fully saturated rings. The molecule has 7 aromatic carbocycles. The Balaban J connectivity index is 0.000000122.